The van der Waals surface area contributed by atoms with Gasteiger partial charge in [0, 0.05) is 29.3 Å². The number of nitrogens with zero attached hydrogens (tertiary/aromatic N) is 2. The number of aromatic nitrogens is 2. The topological polar surface area (TPSA) is 115 Å². The van der Waals surface area contributed by atoms with Crippen molar-refractivity contribution in [1.29, 1.82) is 0 Å². The number of nitrogens with one attached hydrogen (secondary N) is 2. The standard InChI is InChI=1S/C32H26N4O4/c37-29(33-18-20-13-15-21(16-14-20)31-34-26-10-4-5-11-27(26)35-31)19-36-28-12-6-3-8-23(28)25(17-30(38)39)22-7-1-2-9-24(22)32(36)40/h1-16,25H,17-19H2,(H,33,37)(H,34,35)(H,38,39). The van der Waals surface area contributed by atoms with Crippen molar-refractivity contribution in [3.8, 4) is 11.4 Å². The van der Waals surface area contributed by atoms with E-state index in [2.05, 4.69) is 15.3 Å². The third kappa shape index (κ3) is 4.82. The Morgan fingerprint density at radius 1 is 0.875 bits per heavy atom. The van der Waals surface area contributed by atoms with E-state index in [1.54, 1.807) is 36.4 Å². The zero-order valence-corrected chi connectivity index (χ0v) is 21.5. The Labute approximate surface area is 230 Å². The second-order valence-corrected chi connectivity index (χ2v) is 9.76. The molecule has 0 spiro atoms. The van der Waals surface area contributed by atoms with Crippen molar-refractivity contribution in [2.24, 2.45) is 0 Å². The van der Waals surface area contributed by atoms with Crippen molar-refractivity contribution in [1.82, 2.24) is 15.3 Å². The Kier molecular flexibility index (Phi) is 6.57. The van der Waals surface area contributed by atoms with Crippen LogP contribution in [0, 0.1) is 0 Å². The molecule has 3 N–H and O–H groups in total. The molecule has 8 nitrogen and oxygen atoms in total. The summed E-state index contributed by atoms with van der Waals surface area (Å²) in [6.45, 7) is 0.0994. The van der Waals surface area contributed by atoms with Crippen LogP contribution in [-0.2, 0) is 16.1 Å². The summed E-state index contributed by atoms with van der Waals surface area (Å²) >= 11 is 0. The second kappa shape index (κ2) is 10.5. The highest BCUT2D eigenvalue weighted by atomic mass is 16.4. The number of carboxylic acids is 1. The van der Waals surface area contributed by atoms with Gasteiger partial charge in [-0.25, -0.2) is 4.98 Å². The maximum Gasteiger partial charge on any atom is 0.304 e. The molecule has 0 saturated heterocycles. The Balaban J connectivity index is 1.19. The highest BCUT2D eigenvalue weighted by Crippen LogP contribution is 2.40. The quantitative estimate of drug-likeness (QED) is 0.270. The van der Waals surface area contributed by atoms with Gasteiger partial charge in [-0.3, -0.25) is 19.3 Å². The van der Waals surface area contributed by atoms with Gasteiger partial charge in [0.2, 0.25) is 5.91 Å². The van der Waals surface area contributed by atoms with Gasteiger partial charge in [0.15, 0.2) is 0 Å². The summed E-state index contributed by atoms with van der Waals surface area (Å²) in [6, 6.07) is 29.8. The summed E-state index contributed by atoms with van der Waals surface area (Å²) in [7, 11) is 0. The molecule has 4 aromatic carbocycles. The van der Waals surface area contributed by atoms with Gasteiger partial charge in [0.05, 0.1) is 17.5 Å². The highest BCUT2D eigenvalue weighted by molar-refractivity contribution is 6.11. The first kappa shape index (κ1) is 25.1. The van der Waals surface area contributed by atoms with Gasteiger partial charge in [0.1, 0.15) is 12.4 Å². The number of rotatable bonds is 7. The zero-order valence-electron chi connectivity index (χ0n) is 21.5. The van der Waals surface area contributed by atoms with E-state index in [-0.39, 0.29) is 24.8 Å². The van der Waals surface area contributed by atoms with Crippen molar-refractivity contribution in [3.05, 3.63) is 119 Å². The molecule has 0 aliphatic carbocycles. The molecular weight excluding hydrogens is 504 g/mol. The predicted molar refractivity (Wildman–Crippen MR) is 152 cm³/mol. The molecule has 2 amide bonds. The van der Waals surface area contributed by atoms with Crippen molar-refractivity contribution in [3.63, 3.8) is 0 Å². The van der Waals surface area contributed by atoms with Gasteiger partial charge in [-0.15, -0.1) is 0 Å². The van der Waals surface area contributed by atoms with Crippen LogP contribution in [0.25, 0.3) is 22.4 Å². The number of anilines is 1. The van der Waals surface area contributed by atoms with Crippen LogP contribution in [0.5, 0.6) is 0 Å². The summed E-state index contributed by atoms with van der Waals surface area (Å²) in [4.78, 5) is 47.9. The molecule has 8 heteroatoms. The Morgan fingerprint density at radius 2 is 1.57 bits per heavy atom. The molecule has 0 bridgehead atoms. The van der Waals surface area contributed by atoms with E-state index in [9.17, 15) is 19.5 Å². The molecule has 2 heterocycles. The number of aromatic amines is 1. The number of fused-ring (bicyclic) bond motifs is 3. The van der Waals surface area contributed by atoms with Crippen molar-refractivity contribution >= 4 is 34.5 Å². The lowest BCUT2D eigenvalue weighted by molar-refractivity contribution is -0.137. The molecular formula is C32H26N4O4. The summed E-state index contributed by atoms with van der Waals surface area (Å²) in [5, 5.41) is 12.5. The first-order valence-corrected chi connectivity index (χ1v) is 13.0. The van der Waals surface area contributed by atoms with Crippen LogP contribution >= 0.6 is 0 Å². The summed E-state index contributed by atoms with van der Waals surface area (Å²) in [5.74, 6) is -1.34. The number of imidazole rings is 1. The lowest BCUT2D eigenvalue weighted by Crippen LogP contribution is -2.40. The molecule has 0 saturated carbocycles. The maximum absolute atomic E-state index is 13.7. The van der Waals surface area contributed by atoms with Gasteiger partial charge < -0.3 is 15.4 Å². The number of carboxylic acid groups (broad SMARTS) is 1. The van der Waals surface area contributed by atoms with Crippen LogP contribution in [0.1, 0.15) is 39.4 Å². The minimum Gasteiger partial charge on any atom is -0.481 e. The SMILES string of the molecule is O=C(O)CC1c2ccccc2C(=O)N(CC(=O)NCc2ccc(-c3nc4ccccc4[nH]3)cc2)c2ccccc21. The zero-order chi connectivity index (χ0) is 27.6. The number of hydrogen-bond acceptors (Lipinski definition) is 4. The van der Waals surface area contributed by atoms with E-state index in [0.29, 0.717) is 28.9 Å². The summed E-state index contributed by atoms with van der Waals surface area (Å²) < 4.78 is 0. The third-order valence-corrected chi connectivity index (χ3v) is 7.20. The van der Waals surface area contributed by atoms with Crippen molar-refractivity contribution < 1.29 is 19.5 Å². The molecule has 198 valence electrons. The molecule has 1 aliphatic heterocycles. The van der Waals surface area contributed by atoms with E-state index in [0.717, 1.165) is 28.0 Å². The normalized spacial score (nSPS) is 14.3. The van der Waals surface area contributed by atoms with Crippen LogP contribution in [0.3, 0.4) is 0 Å². The minimum absolute atomic E-state index is 0.161. The summed E-state index contributed by atoms with van der Waals surface area (Å²) in [5.41, 5.74) is 6.01. The van der Waals surface area contributed by atoms with Gasteiger partial charge in [0.25, 0.3) is 5.91 Å². The largest absolute Gasteiger partial charge is 0.481 e. The number of amides is 2. The minimum atomic E-state index is -0.959. The first-order valence-electron chi connectivity index (χ1n) is 13.0. The molecule has 1 aromatic heterocycles. The van der Waals surface area contributed by atoms with Crippen LogP contribution in [0.2, 0.25) is 0 Å². The average Bonchev–Trinajstić information content (AvgIpc) is 3.39. The predicted octanol–water partition coefficient (Wildman–Crippen LogP) is 5.11. The van der Waals surface area contributed by atoms with Crippen LogP contribution in [0.15, 0.2) is 97.1 Å². The Morgan fingerprint density at radius 3 is 2.35 bits per heavy atom. The maximum atomic E-state index is 13.7. The molecule has 5 aromatic rings. The fourth-order valence-electron chi connectivity index (χ4n) is 5.27. The fourth-order valence-corrected chi connectivity index (χ4v) is 5.27. The third-order valence-electron chi connectivity index (χ3n) is 7.20. The Hall–Kier alpha value is -5.24. The van der Waals surface area contributed by atoms with Crippen LogP contribution in [-0.4, -0.2) is 39.4 Å². The highest BCUT2D eigenvalue weighted by Gasteiger charge is 2.34. The molecule has 6 rings (SSSR count). The Bertz CT molecular complexity index is 1710. The van der Waals surface area contributed by atoms with Crippen molar-refractivity contribution in [2.75, 3.05) is 11.4 Å². The monoisotopic (exact) mass is 530 g/mol. The van der Waals surface area contributed by atoms with Crippen LogP contribution in [0.4, 0.5) is 5.69 Å². The van der Waals surface area contributed by atoms with E-state index in [1.165, 1.54) is 4.90 Å². The van der Waals surface area contributed by atoms with Gasteiger partial charge in [-0.1, -0.05) is 72.8 Å². The lowest BCUT2D eigenvalue weighted by Gasteiger charge is -2.23. The average molecular weight is 531 g/mol. The molecule has 1 unspecified atom stereocenters. The number of hydrogen-bond donors (Lipinski definition) is 3. The fraction of sp³-hybridized carbons (Fsp3) is 0.125. The van der Waals surface area contributed by atoms with Gasteiger partial charge in [-0.2, -0.15) is 0 Å². The van der Waals surface area contributed by atoms with Crippen LogP contribution < -0.4 is 10.2 Å². The number of carbonyl (C=O) groups is 3. The van der Waals surface area contributed by atoms with Gasteiger partial charge >= 0.3 is 5.97 Å². The number of para-hydroxylation sites is 3. The van der Waals surface area contributed by atoms with E-state index in [1.807, 2.05) is 60.7 Å². The number of benzene rings is 4. The number of carbonyl (C=O) groups excluding carboxylic acids is 2. The number of H-pyrrole nitrogens is 1. The van der Waals surface area contributed by atoms with E-state index >= 15 is 0 Å². The first-order chi connectivity index (χ1) is 19.5. The second-order valence-electron chi connectivity index (χ2n) is 9.76. The van der Waals surface area contributed by atoms with Gasteiger partial charge in [-0.05, 0) is 41.0 Å². The molecule has 0 radical (unpaired) electrons. The summed E-state index contributed by atoms with van der Waals surface area (Å²) in [6.07, 6.45) is -0.161. The molecule has 40 heavy (non-hydrogen) atoms. The van der Waals surface area contributed by atoms with Crippen molar-refractivity contribution in [2.45, 2.75) is 18.9 Å². The van der Waals surface area contributed by atoms with E-state index < -0.39 is 11.9 Å². The lowest BCUT2D eigenvalue weighted by atomic mass is 9.86. The smallest absolute Gasteiger partial charge is 0.304 e. The van der Waals surface area contributed by atoms with E-state index in [4.69, 9.17) is 0 Å². The molecule has 0 fully saturated rings. The molecule has 1 atom stereocenters. The molecule has 1 aliphatic rings. The number of aliphatic carboxylic acids is 1.